The van der Waals surface area contributed by atoms with Crippen molar-refractivity contribution in [2.45, 2.75) is 19.8 Å². The number of H-pyrrole nitrogens is 1. The highest BCUT2D eigenvalue weighted by molar-refractivity contribution is 6.04. The summed E-state index contributed by atoms with van der Waals surface area (Å²) in [5, 5.41) is 18.9. The zero-order valence-electron chi connectivity index (χ0n) is 13.1. The van der Waals surface area contributed by atoms with Crippen LogP contribution in [0, 0.1) is 12.8 Å². The minimum atomic E-state index is -0.256. The summed E-state index contributed by atoms with van der Waals surface area (Å²) in [5.74, 6) is 0.873. The fourth-order valence-corrected chi connectivity index (χ4v) is 2.79. The van der Waals surface area contributed by atoms with Crippen LogP contribution in [0.15, 0.2) is 24.4 Å². The highest BCUT2D eigenvalue weighted by Gasteiger charge is 2.22. The number of aliphatic hydroxyl groups is 1. The molecule has 3 rings (SSSR count). The summed E-state index contributed by atoms with van der Waals surface area (Å²) in [4.78, 5) is 18.9. The van der Waals surface area contributed by atoms with Crippen molar-refractivity contribution in [3.63, 3.8) is 0 Å². The number of carbonyl (C=O) groups excluding carboxylic acids is 1. The second kappa shape index (κ2) is 6.78. The molecule has 1 fully saturated rings. The Bertz CT molecular complexity index is 677. The summed E-state index contributed by atoms with van der Waals surface area (Å²) in [6.07, 6.45) is 3.58. The normalized spacial score (nSPS) is 15.7. The molecule has 1 aliphatic rings. The molecule has 3 heterocycles. The van der Waals surface area contributed by atoms with E-state index in [-0.39, 0.29) is 12.5 Å². The molecule has 1 saturated heterocycles. The number of piperidine rings is 1. The van der Waals surface area contributed by atoms with E-state index >= 15 is 0 Å². The second-order valence-electron chi connectivity index (χ2n) is 5.88. The molecule has 7 nitrogen and oxygen atoms in total. The molecule has 0 bridgehead atoms. The van der Waals surface area contributed by atoms with E-state index in [1.165, 1.54) is 0 Å². The van der Waals surface area contributed by atoms with Gasteiger partial charge < -0.3 is 15.3 Å². The number of anilines is 2. The van der Waals surface area contributed by atoms with Crippen molar-refractivity contribution in [1.82, 2.24) is 15.2 Å². The molecule has 122 valence electrons. The fourth-order valence-electron chi connectivity index (χ4n) is 2.79. The van der Waals surface area contributed by atoms with Gasteiger partial charge in [0.15, 0.2) is 11.5 Å². The van der Waals surface area contributed by atoms with Crippen LogP contribution in [-0.2, 0) is 0 Å². The molecule has 7 heteroatoms. The van der Waals surface area contributed by atoms with E-state index in [2.05, 4.69) is 25.4 Å². The maximum absolute atomic E-state index is 12.3. The lowest BCUT2D eigenvalue weighted by Gasteiger charge is -2.33. The van der Waals surface area contributed by atoms with E-state index in [0.717, 1.165) is 37.4 Å². The number of aryl methyl sites for hydroxylation is 1. The molecule has 23 heavy (non-hydrogen) atoms. The molecule has 0 aromatic carbocycles. The highest BCUT2D eigenvalue weighted by atomic mass is 16.3. The van der Waals surface area contributed by atoms with Crippen molar-refractivity contribution in [2.24, 2.45) is 5.92 Å². The lowest BCUT2D eigenvalue weighted by molar-refractivity contribution is 0.102. The average molecular weight is 315 g/mol. The number of pyridine rings is 1. The van der Waals surface area contributed by atoms with Crippen LogP contribution < -0.4 is 10.2 Å². The Morgan fingerprint density at radius 2 is 2.26 bits per heavy atom. The predicted molar refractivity (Wildman–Crippen MR) is 87.5 cm³/mol. The monoisotopic (exact) mass is 315 g/mol. The number of aromatic nitrogens is 3. The van der Waals surface area contributed by atoms with Crippen LogP contribution in [-0.4, -0.2) is 45.9 Å². The molecule has 0 spiro atoms. The number of nitrogens with one attached hydrogen (secondary N) is 2. The average Bonchev–Trinajstić information content (AvgIpc) is 3.02. The van der Waals surface area contributed by atoms with E-state index < -0.39 is 0 Å². The van der Waals surface area contributed by atoms with E-state index in [9.17, 15) is 9.90 Å². The van der Waals surface area contributed by atoms with Gasteiger partial charge in [0, 0.05) is 31.6 Å². The Kier molecular flexibility index (Phi) is 4.57. The summed E-state index contributed by atoms with van der Waals surface area (Å²) < 4.78 is 0. The molecular weight excluding hydrogens is 294 g/mol. The highest BCUT2D eigenvalue weighted by Crippen LogP contribution is 2.27. The van der Waals surface area contributed by atoms with Crippen molar-refractivity contribution >= 4 is 17.4 Å². The fraction of sp³-hybridized carbons (Fsp3) is 0.438. The minimum absolute atomic E-state index is 0.234. The van der Waals surface area contributed by atoms with Crippen molar-refractivity contribution in [3.05, 3.63) is 35.8 Å². The van der Waals surface area contributed by atoms with Gasteiger partial charge in [0.05, 0.1) is 5.69 Å². The van der Waals surface area contributed by atoms with Gasteiger partial charge in [-0.3, -0.25) is 9.89 Å². The number of aromatic amines is 1. The largest absolute Gasteiger partial charge is 0.396 e. The van der Waals surface area contributed by atoms with E-state index in [4.69, 9.17) is 0 Å². The van der Waals surface area contributed by atoms with E-state index in [0.29, 0.717) is 17.3 Å². The Morgan fingerprint density at radius 1 is 1.48 bits per heavy atom. The third kappa shape index (κ3) is 3.50. The van der Waals surface area contributed by atoms with Crippen LogP contribution in [0.25, 0.3) is 0 Å². The Labute approximate surface area is 134 Å². The number of rotatable bonds is 4. The van der Waals surface area contributed by atoms with Gasteiger partial charge in [-0.1, -0.05) is 0 Å². The van der Waals surface area contributed by atoms with Gasteiger partial charge in [0.1, 0.15) is 0 Å². The summed E-state index contributed by atoms with van der Waals surface area (Å²) in [6, 6.07) is 5.35. The van der Waals surface area contributed by atoms with Gasteiger partial charge in [0.25, 0.3) is 5.91 Å². The summed E-state index contributed by atoms with van der Waals surface area (Å²) in [6.45, 7) is 3.74. The first-order valence-electron chi connectivity index (χ1n) is 7.81. The zero-order valence-corrected chi connectivity index (χ0v) is 13.1. The van der Waals surface area contributed by atoms with Gasteiger partial charge in [-0.2, -0.15) is 5.10 Å². The van der Waals surface area contributed by atoms with Crippen molar-refractivity contribution in [2.75, 3.05) is 29.9 Å². The van der Waals surface area contributed by atoms with Gasteiger partial charge in [-0.15, -0.1) is 0 Å². The first-order chi connectivity index (χ1) is 11.2. The predicted octanol–water partition coefficient (Wildman–Crippen LogP) is 1.57. The van der Waals surface area contributed by atoms with Gasteiger partial charge in [-0.25, -0.2) is 4.98 Å². The summed E-state index contributed by atoms with van der Waals surface area (Å²) in [7, 11) is 0. The molecule has 2 aromatic heterocycles. The Morgan fingerprint density at radius 3 is 2.91 bits per heavy atom. The second-order valence-corrected chi connectivity index (χ2v) is 5.88. The number of hydrogen-bond donors (Lipinski definition) is 3. The molecule has 0 saturated carbocycles. The first-order valence-corrected chi connectivity index (χ1v) is 7.81. The van der Waals surface area contributed by atoms with Crippen LogP contribution in [0.2, 0.25) is 0 Å². The van der Waals surface area contributed by atoms with Gasteiger partial charge >= 0.3 is 0 Å². The van der Waals surface area contributed by atoms with E-state index in [1.807, 2.05) is 13.0 Å². The Hall–Kier alpha value is -2.41. The maximum Gasteiger partial charge on any atom is 0.276 e. The third-order valence-corrected chi connectivity index (χ3v) is 4.15. The van der Waals surface area contributed by atoms with Crippen molar-refractivity contribution < 1.29 is 9.90 Å². The molecule has 1 amide bonds. The Balaban J connectivity index is 1.74. The number of amides is 1. The smallest absolute Gasteiger partial charge is 0.276 e. The third-order valence-electron chi connectivity index (χ3n) is 4.15. The number of hydrogen-bond acceptors (Lipinski definition) is 5. The van der Waals surface area contributed by atoms with Crippen molar-refractivity contribution in [3.8, 4) is 0 Å². The molecular formula is C16H21N5O2. The maximum atomic E-state index is 12.3. The first kappa shape index (κ1) is 15.5. The molecule has 2 aromatic rings. The standard InChI is InChI=1S/C16H21N5O2/c1-11-9-14(20-19-11)16(23)18-13-3-2-6-17-15(13)21-7-4-12(10-22)5-8-21/h2-3,6,9,12,22H,4-5,7-8,10H2,1H3,(H,18,23)(H,19,20). The topological polar surface area (TPSA) is 94.1 Å². The van der Waals surface area contributed by atoms with Gasteiger partial charge in [0.2, 0.25) is 0 Å². The number of carbonyl (C=O) groups is 1. The molecule has 0 atom stereocenters. The van der Waals surface area contributed by atoms with Crippen LogP contribution >= 0.6 is 0 Å². The minimum Gasteiger partial charge on any atom is -0.396 e. The number of aliphatic hydroxyl groups excluding tert-OH is 1. The lowest BCUT2D eigenvalue weighted by Crippen LogP contribution is -2.35. The zero-order chi connectivity index (χ0) is 16.2. The molecule has 0 radical (unpaired) electrons. The van der Waals surface area contributed by atoms with Crippen LogP contribution in [0.3, 0.4) is 0 Å². The summed E-state index contributed by atoms with van der Waals surface area (Å²) >= 11 is 0. The molecule has 3 N–H and O–H groups in total. The van der Waals surface area contributed by atoms with Crippen LogP contribution in [0.5, 0.6) is 0 Å². The summed E-state index contributed by atoms with van der Waals surface area (Å²) in [5.41, 5.74) is 1.88. The van der Waals surface area contributed by atoms with Crippen molar-refractivity contribution in [1.29, 1.82) is 0 Å². The number of nitrogens with zero attached hydrogens (tertiary/aromatic N) is 3. The van der Waals surface area contributed by atoms with Crippen LogP contribution in [0.1, 0.15) is 29.0 Å². The van der Waals surface area contributed by atoms with Crippen LogP contribution in [0.4, 0.5) is 11.5 Å². The molecule has 0 aliphatic carbocycles. The molecule has 1 aliphatic heterocycles. The van der Waals surface area contributed by atoms with E-state index in [1.54, 1.807) is 18.3 Å². The molecule has 0 unspecified atom stereocenters. The lowest BCUT2D eigenvalue weighted by atomic mass is 9.98. The van der Waals surface area contributed by atoms with Gasteiger partial charge in [-0.05, 0) is 43.9 Å². The quantitative estimate of drug-likeness (QED) is 0.796. The SMILES string of the molecule is Cc1cc(C(=O)Nc2cccnc2N2CCC(CO)CC2)n[nH]1.